The Bertz CT molecular complexity index is 350. The fourth-order valence-corrected chi connectivity index (χ4v) is 1.34. The predicted octanol–water partition coefficient (Wildman–Crippen LogP) is 0.133. The van der Waals surface area contributed by atoms with Gasteiger partial charge in [-0.3, -0.25) is 4.79 Å². The molecule has 0 fully saturated rings. The lowest BCUT2D eigenvalue weighted by Gasteiger charge is -2.04. The Labute approximate surface area is 85.2 Å². The van der Waals surface area contributed by atoms with Crippen LogP contribution in [0.4, 0.5) is 8.78 Å². The summed E-state index contributed by atoms with van der Waals surface area (Å²) in [5.41, 5.74) is 5.91. The van der Waals surface area contributed by atoms with E-state index in [0.717, 1.165) is 4.68 Å². The second kappa shape index (κ2) is 4.81. The molecule has 2 N–H and O–H groups in total. The Morgan fingerprint density at radius 2 is 2.27 bits per heavy atom. The average molecular weight is 218 g/mol. The van der Waals surface area contributed by atoms with Gasteiger partial charge in [0, 0.05) is 0 Å². The molecule has 0 aliphatic rings. The maximum atomic E-state index is 12.1. The number of carbonyl (C=O) groups is 1. The zero-order chi connectivity index (χ0) is 11.4. The minimum atomic E-state index is -2.49. The van der Waals surface area contributed by atoms with Crippen LogP contribution in [0.3, 0.4) is 0 Å². The molecule has 1 rings (SSSR count). The van der Waals surface area contributed by atoms with E-state index >= 15 is 0 Å². The van der Waals surface area contributed by atoms with Crippen LogP contribution < -0.4 is 5.73 Å². The molecule has 84 valence electrons. The van der Waals surface area contributed by atoms with Crippen molar-refractivity contribution >= 4 is 5.91 Å². The van der Waals surface area contributed by atoms with Gasteiger partial charge >= 0.3 is 0 Å². The molecular weight excluding hydrogens is 206 g/mol. The molecule has 0 aromatic carbocycles. The molecule has 1 amide bonds. The van der Waals surface area contributed by atoms with E-state index < -0.39 is 18.9 Å². The first kappa shape index (κ1) is 11.5. The molecule has 7 heteroatoms. The summed E-state index contributed by atoms with van der Waals surface area (Å²) in [6, 6.07) is 0. The lowest BCUT2D eigenvalue weighted by Crippen LogP contribution is -2.16. The summed E-state index contributed by atoms with van der Waals surface area (Å²) in [6.45, 7) is 1.28. The first-order valence-electron chi connectivity index (χ1n) is 4.52. The molecular formula is C8H12F2N4O. The van der Waals surface area contributed by atoms with Gasteiger partial charge in [0.15, 0.2) is 0 Å². The van der Waals surface area contributed by atoms with Crippen molar-refractivity contribution in [2.45, 2.75) is 32.7 Å². The van der Waals surface area contributed by atoms with Gasteiger partial charge < -0.3 is 5.73 Å². The molecule has 0 atom stereocenters. The fraction of sp³-hybridized carbons (Fsp3) is 0.625. The first-order valence-corrected chi connectivity index (χ1v) is 4.52. The second-order valence-electron chi connectivity index (χ2n) is 3.05. The number of carbonyl (C=O) groups excluding carboxylic acids is 1. The van der Waals surface area contributed by atoms with E-state index in [1.54, 1.807) is 6.92 Å². The number of hydrogen-bond donors (Lipinski definition) is 1. The molecule has 1 aromatic heterocycles. The van der Waals surface area contributed by atoms with Crippen molar-refractivity contribution in [1.29, 1.82) is 0 Å². The number of alkyl halides is 2. The summed E-state index contributed by atoms with van der Waals surface area (Å²) >= 11 is 0. The van der Waals surface area contributed by atoms with Gasteiger partial charge in [0.2, 0.25) is 5.91 Å². The smallest absolute Gasteiger partial charge is 0.257 e. The van der Waals surface area contributed by atoms with Crippen molar-refractivity contribution in [3.8, 4) is 0 Å². The highest BCUT2D eigenvalue weighted by molar-refractivity contribution is 5.76. The quantitative estimate of drug-likeness (QED) is 0.763. The molecule has 0 saturated carbocycles. The van der Waals surface area contributed by atoms with Crippen molar-refractivity contribution < 1.29 is 13.6 Å². The number of primary amides is 1. The molecule has 1 heterocycles. The van der Waals surface area contributed by atoms with Crippen LogP contribution in [-0.2, 0) is 24.2 Å². The van der Waals surface area contributed by atoms with Crippen LogP contribution >= 0.6 is 0 Å². The Kier molecular flexibility index (Phi) is 3.70. The number of amides is 1. The van der Waals surface area contributed by atoms with Gasteiger partial charge in [0.25, 0.3) is 6.43 Å². The van der Waals surface area contributed by atoms with Gasteiger partial charge in [0.05, 0.1) is 17.8 Å². The molecule has 0 radical (unpaired) electrons. The largest absolute Gasteiger partial charge is 0.369 e. The number of halogens is 2. The van der Waals surface area contributed by atoms with E-state index in [0.29, 0.717) is 17.8 Å². The van der Waals surface area contributed by atoms with Crippen LogP contribution in [0.15, 0.2) is 0 Å². The number of nitrogens with two attached hydrogens (primary N) is 1. The molecule has 5 nitrogen and oxygen atoms in total. The number of aromatic nitrogens is 3. The summed E-state index contributed by atoms with van der Waals surface area (Å²) in [6.07, 6.45) is -2.06. The molecule has 0 unspecified atom stereocenters. The van der Waals surface area contributed by atoms with Gasteiger partial charge in [-0.1, -0.05) is 12.1 Å². The highest BCUT2D eigenvalue weighted by atomic mass is 19.3. The Morgan fingerprint density at radius 3 is 2.73 bits per heavy atom. The maximum Gasteiger partial charge on any atom is 0.257 e. The van der Waals surface area contributed by atoms with Crippen molar-refractivity contribution in [1.82, 2.24) is 15.0 Å². The van der Waals surface area contributed by atoms with Crippen LogP contribution in [0.25, 0.3) is 0 Å². The molecule has 0 bridgehead atoms. The van der Waals surface area contributed by atoms with E-state index in [1.165, 1.54) is 0 Å². The Balaban J connectivity index is 2.89. The van der Waals surface area contributed by atoms with E-state index in [1.807, 2.05) is 0 Å². The number of hydrogen-bond acceptors (Lipinski definition) is 3. The van der Waals surface area contributed by atoms with Crippen LogP contribution in [-0.4, -0.2) is 27.3 Å². The standard InChI is InChI=1S/C8H12F2N4O/c1-2-6-5(3-8(11)15)12-13-14(6)4-7(9)10/h7H,2-4H2,1H3,(H2,11,15). The molecule has 0 aliphatic carbocycles. The van der Waals surface area contributed by atoms with E-state index in [9.17, 15) is 13.6 Å². The molecule has 0 saturated heterocycles. The highest BCUT2D eigenvalue weighted by Gasteiger charge is 2.15. The third kappa shape index (κ3) is 2.97. The van der Waals surface area contributed by atoms with Gasteiger partial charge in [-0.05, 0) is 6.42 Å². The van der Waals surface area contributed by atoms with E-state index in [4.69, 9.17) is 5.73 Å². The van der Waals surface area contributed by atoms with Crippen LogP contribution in [0, 0.1) is 0 Å². The summed E-state index contributed by atoms with van der Waals surface area (Å²) in [4.78, 5) is 10.7. The topological polar surface area (TPSA) is 73.8 Å². The first-order chi connectivity index (χ1) is 7.04. The van der Waals surface area contributed by atoms with Gasteiger partial charge in [-0.15, -0.1) is 5.10 Å². The van der Waals surface area contributed by atoms with Crippen LogP contribution in [0.2, 0.25) is 0 Å². The van der Waals surface area contributed by atoms with Crippen LogP contribution in [0.5, 0.6) is 0 Å². The molecule has 0 aliphatic heterocycles. The van der Waals surface area contributed by atoms with Crippen molar-refractivity contribution in [3.05, 3.63) is 11.4 Å². The SMILES string of the molecule is CCc1c(CC(N)=O)nnn1CC(F)F. The fourth-order valence-electron chi connectivity index (χ4n) is 1.34. The van der Waals surface area contributed by atoms with Crippen molar-refractivity contribution in [2.24, 2.45) is 5.73 Å². The minimum Gasteiger partial charge on any atom is -0.369 e. The van der Waals surface area contributed by atoms with Gasteiger partial charge in [0.1, 0.15) is 6.54 Å². The van der Waals surface area contributed by atoms with Crippen molar-refractivity contribution in [2.75, 3.05) is 0 Å². The highest BCUT2D eigenvalue weighted by Crippen LogP contribution is 2.09. The summed E-state index contributed by atoms with van der Waals surface area (Å²) in [5.74, 6) is -0.547. The molecule has 15 heavy (non-hydrogen) atoms. The third-order valence-corrected chi connectivity index (χ3v) is 1.91. The minimum absolute atomic E-state index is 0.0631. The molecule has 1 aromatic rings. The normalized spacial score (nSPS) is 10.9. The van der Waals surface area contributed by atoms with Gasteiger partial charge in [-0.2, -0.15) is 0 Å². The zero-order valence-corrected chi connectivity index (χ0v) is 8.28. The van der Waals surface area contributed by atoms with E-state index in [2.05, 4.69) is 10.3 Å². The summed E-state index contributed by atoms with van der Waals surface area (Å²) in [5, 5.41) is 7.22. The zero-order valence-electron chi connectivity index (χ0n) is 8.28. The van der Waals surface area contributed by atoms with E-state index in [-0.39, 0.29) is 6.42 Å². The van der Waals surface area contributed by atoms with Gasteiger partial charge in [-0.25, -0.2) is 13.5 Å². The Hall–Kier alpha value is -1.53. The maximum absolute atomic E-state index is 12.1. The number of rotatable bonds is 5. The lowest BCUT2D eigenvalue weighted by atomic mass is 10.2. The summed E-state index contributed by atoms with van der Waals surface area (Å²) in [7, 11) is 0. The number of nitrogens with zero attached hydrogens (tertiary/aromatic N) is 3. The predicted molar refractivity (Wildman–Crippen MR) is 48.3 cm³/mol. The summed E-state index contributed by atoms with van der Waals surface area (Å²) < 4.78 is 25.4. The lowest BCUT2D eigenvalue weighted by molar-refractivity contribution is -0.117. The average Bonchev–Trinajstić information content (AvgIpc) is 2.45. The third-order valence-electron chi connectivity index (χ3n) is 1.91. The Morgan fingerprint density at radius 1 is 1.60 bits per heavy atom. The van der Waals surface area contributed by atoms with Crippen LogP contribution in [0.1, 0.15) is 18.3 Å². The molecule has 0 spiro atoms. The monoisotopic (exact) mass is 218 g/mol. The second-order valence-corrected chi connectivity index (χ2v) is 3.05. The van der Waals surface area contributed by atoms with Crippen molar-refractivity contribution in [3.63, 3.8) is 0 Å².